The number of aromatic nitrogens is 2. The molecule has 0 spiro atoms. The number of rotatable bonds is 1. The Kier molecular flexibility index (Phi) is 2.59. The fourth-order valence-electron chi connectivity index (χ4n) is 1.66. The van der Waals surface area contributed by atoms with E-state index < -0.39 is 0 Å². The highest BCUT2D eigenvalue weighted by molar-refractivity contribution is 5.78. The molecule has 0 unspecified atom stereocenters. The highest BCUT2D eigenvalue weighted by Crippen LogP contribution is 2.15. The maximum absolute atomic E-state index is 11.5. The maximum Gasteiger partial charge on any atom is 0.237 e. The monoisotopic (exact) mass is 202 g/mol. The van der Waals surface area contributed by atoms with Crippen LogP contribution in [0.15, 0.2) is 12.5 Å². The Balaban J connectivity index is 2.12. The van der Waals surface area contributed by atoms with Gasteiger partial charge < -0.3 is 4.90 Å². The standard InChI is InChI=1S/C10H10N4O/c11-3-1-10(15)14-4-2-9-8(6-14)5-12-7-13-9/h5,7H,1-2,4,6H2. The van der Waals surface area contributed by atoms with Gasteiger partial charge in [-0.2, -0.15) is 5.26 Å². The van der Waals surface area contributed by atoms with Gasteiger partial charge in [0.1, 0.15) is 12.7 Å². The van der Waals surface area contributed by atoms with E-state index in [4.69, 9.17) is 5.26 Å². The molecule has 0 N–H and O–H groups in total. The molecule has 76 valence electrons. The summed E-state index contributed by atoms with van der Waals surface area (Å²) in [5.74, 6) is -0.119. The van der Waals surface area contributed by atoms with Gasteiger partial charge in [0.15, 0.2) is 0 Å². The van der Waals surface area contributed by atoms with Gasteiger partial charge in [-0.05, 0) is 0 Å². The molecule has 1 aliphatic rings. The maximum atomic E-state index is 11.5. The topological polar surface area (TPSA) is 69.9 Å². The molecule has 0 aromatic carbocycles. The Morgan fingerprint density at radius 3 is 3.33 bits per heavy atom. The molecule has 5 nitrogen and oxygen atoms in total. The number of hydrogen-bond acceptors (Lipinski definition) is 4. The predicted molar refractivity (Wildman–Crippen MR) is 51.4 cm³/mol. The van der Waals surface area contributed by atoms with Crippen LogP contribution in [-0.4, -0.2) is 27.3 Å². The van der Waals surface area contributed by atoms with Crippen molar-refractivity contribution in [3.63, 3.8) is 0 Å². The summed E-state index contributed by atoms with van der Waals surface area (Å²) in [6.45, 7) is 1.17. The Labute approximate surface area is 87.4 Å². The lowest BCUT2D eigenvalue weighted by Gasteiger charge is -2.27. The van der Waals surface area contributed by atoms with Crippen molar-refractivity contribution in [2.75, 3.05) is 6.54 Å². The molecule has 2 rings (SSSR count). The van der Waals surface area contributed by atoms with Crippen LogP contribution in [0.1, 0.15) is 17.7 Å². The quantitative estimate of drug-likeness (QED) is 0.655. The zero-order valence-corrected chi connectivity index (χ0v) is 8.18. The van der Waals surface area contributed by atoms with Gasteiger partial charge >= 0.3 is 0 Å². The molecular formula is C10H10N4O. The number of hydrogen-bond donors (Lipinski definition) is 0. The van der Waals surface area contributed by atoms with Gasteiger partial charge in [0.2, 0.25) is 5.91 Å². The molecule has 0 aliphatic carbocycles. The van der Waals surface area contributed by atoms with Crippen LogP contribution in [0.5, 0.6) is 0 Å². The summed E-state index contributed by atoms with van der Waals surface area (Å²) in [6.07, 6.45) is 3.94. The van der Waals surface area contributed by atoms with E-state index in [-0.39, 0.29) is 12.3 Å². The second-order valence-corrected chi connectivity index (χ2v) is 3.39. The summed E-state index contributed by atoms with van der Waals surface area (Å²) >= 11 is 0. The van der Waals surface area contributed by atoms with E-state index >= 15 is 0 Å². The van der Waals surface area contributed by atoms with Crippen molar-refractivity contribution >= 4 is 5.91 Å². The third-order valence-electron chi connectivity index (χ3n) is 2.44. The lowest BCUT2D eigenvalue weighted by molar-refractivity contribution is -0.131. The third kappa shape index (κ3) is 1.94. The van der Waals surface area contributed by atoms with Crippen LogP contribution in [0.25, 0.3) is 0 Å². The van der Waals surface area contributed by atoms with Gasteiger partial charge in [0.25, 0.3) is 0 Å². The highest BCUT2D eigenvalue weighted by Gasteiger charge is 2.20. The first-order valence-corrected chi connectivity index (χ1v) is 4.73. The smallest absolute Gasteiger partial charge is 0.237 e. The summed E-state index contributed by atoms with van der Waals surface area (Å²) in [6, 6.07) is 1.87. The Hall–Kier alpha value is -1.96. The third-order valence-corrected chi connectivity index (χ3v) is 2.44. The number of nitriles is 1. The predicted octanol–water partition coefficient (Wildman–Crippen LogP) is 0.275. The number of amides is 1. The van der Waals surface area contributed by atoms with Gasteiger partial charge in [-0.3, -0.25) is 4.79 Å². The van der Waals surface area contributed by atoms with Crippen LogP contribution < -0.4 is 0 Å². The molecule has 0 radical (unpaired) electrons. The molecule has 1 amide bonds. The Morgan fingerprint density at radius 1 is 1.67 bits per heavy atom. The van der Waals surface area contributed by atoms with E-state index in [9.17, 15) is 4.79 Å². The number of nitrogens with zero attached hydrogens (tertiary/aromatic N) is 4. The molecule has 5 heteroatoms. The van der Waals surface area contributed by atoms with Gasteiger partial charge in [0, 0.05) is 31.3 Å². The molecule has 0 saturated carbocycles. The molecule has 0 atom stereocenters. The Morgan fingerprint density at radius 2 is 2.53 bits per heavy atom. The molecule has 1 aromatic heterocycles. The average molecular weight is 202 g/mol. The average Bonchev–Trinajstić information content (AvgIpc) is 2.29. The second kappa shape index (κ2) is 4.05. The van der Waals surface area contributed by atoms with Gasteiger partial charge in [0.05, 0.1) is 11.8 Å². The van der Waals surface area contributed by atoms with Crippen molar-refractivity contribution in [3.8, 4) is 6.07 Å². The first-order valence-electron chi connectivity index (χ1n) is 4.73. The minimum absolute atomic E-state index is 0.0526. The summed E-state index contributed by atoms with van der Waals surface area (Å²) < 4.78 is 0. The molecule has 1 aromatic rings. The van der Waals surface area contributed by atoms with E-state index in [0.717, 1.165) is 17.7 Å². The van der Waals surface area contributed by atoms with Gasteiger partial charge in [-0.25, -0.2) is 9.97 Å². The van der Waals surface area contributed by atoms with Crippen molar-refractivity contribution in [1.82, 2.24) is 14.9 Å². The van der Waals surface area contributed by atoms with Crippen molar-refractivity contribution < 1.29 is 4.79 Å². The first-order chi connectivity index (χ1) is 7.31. The van der Waals surface area contributed by atoms with E-state index in [1.807, 2.05) is 6.07 Å². The number of carbonyl (C=O) groups is 1. The lowest BCUT2D eigenvalue weighted by atomic mass is 10.1. The van der Waals surface area contributed by atoms with E-state index in [2.05, 4.69) is 9.97 Å². The number of fused-ring (bicyclic) bond motifs is 1. The van der Waals surface area contributed by atoms with Crippen molar-refractivity contribution in [2.45, 2.75) is 19.4 Å². The van der Waals surface area contributed by atoms with Gasteiger partial charge in [-0.15, -0.1) is 0 Å². The highest BCUT2D eigenvalue weighted by atomic mass is 16.2. The zero-order valence-electron chi connectivity index (χ0n) is 8.18. The summed E-state index contributed by atoms with van der Waals surface area (Å²) in [5.41, 5.74) is 1.99. The Bertz CT molecular complexity index is 424. The number of carbonyl (C=O) groups excluding carboxylic acids is 1. The molecule has 0 saturated heterocycles. The largest absolute Gasteiger partial charge is 0.337 e. The molecule has 0 fully saturated rings. The summed E-state index contributed by atoms with van der Waals surface area (Å²) in [5, 5.41) is 8.44. The minimum Gasteiger partial charge on any atom is -0.337 e. The molecule has 15 heavy (non-hydrogen) atoms. The molecule has 1 aliphatic heterocycles. The fourth-order valence-corrected chi connectivity index (χ4v) is 1.66. The summed E-state index contributed by atoms with van der Waals surface area (Å²) in [7, 11) is 0. The first kappa shape index (κ1) is 9.59. The van der Waals surface area contributed by atoms with E-state index in [1.54, 1.807) is 11.1 Å². The van der Waals surface area contributed by atoms with Crippen LogP contribution in [-0.2, 0) is 17.8 Å². The summed E-state index contributed by atoms with van der Waals surface area (Å²) in [4.78, 5) is 21.2. The van der Waals surface area contributed by atoms with E-state index in [1.165, 1.54) is 6.33 Å². The SMILES string of the molecule is N#CCC(=O)N1CCc2ncncc2C1. The van der Waals surface area contributed by atoms with Crippen LogP contribution in [0.3, 0.4) is 0 Å². The molecule has 2 heterocycles. The second-order valence-electron chi connectivity index (χ2n) is 3.39. The van der Waals surface area contributed by atoms with E-state index in [0.29, 0.717) is 13.1 Å². The molecular weight excluding hydrogens is 192 g/mol. The normalized spacial score (nSPS) is 14.2. The zero-order chi connectivity index (χ0) is 10.7. The van der Waals surface area contributed by atoms with Crippen molar-refractivity contribution in [1.29, 1.82) is 5.26 Å². The van der Waals surface area contributed by atoms with Crippen LogP contribution in [0, 0.1) is 11.3 Å². The van der Waals surface area contributed by atoms with Gasteiger partial charge in [-0.1, -0.05) is 0 Å². The minimum atomic E-state index is -0.119. The van der Waals surface area contributed by atoms with Crippen molar-refractivity contribution in [3.05, 3.63) is 23.8 Å². The molecule has 0 bridgehead atoms. The van der Waals surface area contributed by atoms with Crippen LogP contribution >= 0.6 is 0 Å². The lowest BCUT2D eigenvalue weighted by Crippen LogP contribution is -2.36. The van der Waals surface area contributed by atoms with Crippen LogP contribution in [0.4, 0.5) is 0 Å². The van der Waals surface area contributed by atoms with Crippen molar-refractivity contribution in [2.24, 2.45) is 0 Å². The fraction of sp³-hybridized carbons (Fsp3) is 0.400. The van der Waals surface area contributed by atoms with Crippen LogP contribution in [0.2, 0.25) is 0 Å².